The number of piperidine rings is 1. The maximum Gasteiger partial charge on any atom is 0.00514 e. The first kappa shape index (κ1) is 11.4. The zero-order valence-electron chi connectivity index (χ0n) is 10.3. The molecule has 0 aromatic carbocycles. The van der Waals surface area contributed by atoms with Crippen LogP contribution in [0.15, 0.2) is 0 Å². The lowest BCUT2D eigenvalue weighted by Gasteiger charge is -2.52. The van der Waals surface area contributed by atoms with E-state index in [1.807, 2.05) is 0 Å². The summed E-state index contributed by atoms with van der Waals surface area (Å²) in [5, 5.41) is 3.46. The van der Waals surface area contributed by atoms with Gasteiger partial charge in [0.25, 0.3) is 0 Å². The highest BCUT2D eigenvalue weighted by Gasteiger charge is 2.42. The summed E-state index contributed by atoms with van der Waals surface area (Å²) < 4.78 is 0. The zero-order valence-corrected chi connectivity index (χ0v) is 10.3. The number of hydrogen-bond donors (Lipinski definition) is 1. The van der Waals surface area contributed by atoms with Gasteiger partial charge in [-0.2, -0.15) is 0 Å². The molecule has 15 heavy (non-hydrogen) atoms. The molecule has 3 nitrogen and oxygen atoms in total. The predicted octanol–water partition coefficient (Wildman–Crippen LogP) is 0.623. The highest BCUT2D eigenvalue weighted by atomic mass is 15.2. The summed E-state index contributed by atoms with van der Waals surface area (Å²) in [5.74, 6) is 0. The Balaban J connectivity index is 1.60. The minimum absolute atomic E-state index is 0.712. The van der Waals surface area contributed by atoms with Crippen molar-refractivity contribution in [3.8, 4) is 0 Å². The van der Waals surface area contributed by atoms with Crippen LogP contribution in [-0.2, 0) is 0 Å². The average Bonchev–Trinajstić information content (AvgIpc) is 2.16. The van der Waals surface area contributed by atoms with Crippen LogP contribution in [0.2, 0.25) is 0 Å². The number of likely N-dealkylation sites (tertiary alicyclic amines) is 1. The van der Waals surface area contributed by atoms with Gasteiger partial charge in [-0.25, -0.2) is 0 Å². The van der Waals surface area contributed by atoms with E-state index in [1.165, 1.54) is 58.5 Å². The molecule has 2 rings (SSSR count). The van der Waals surface area contributed by atoms with Crippen molar-refractivity contribution in [3.63, 3.8) is 0 Å². The standard InChI is InChI=1S/C12H25N3/c1-14(2)8-3-9-15-10-12(11-15)4-6-13-7-5-12/h13H,3-11H2,1-2H3. The van der Waals surface area contributed by atoms with Crippen LogP contribution in [0, 0.1) is 5.41 Å². The van der Waals surface area contributed by atoms with Crippen molar-refractivity contribution in [2.24, 2.45) is 5.41 Å². The van der Waals surface area contributed by atoms with Crippen LogP contribution in [0.4, 0.5) is 0 Å². The zero-order chi connectivity index (χ0) is 10.7. The molecule has 88 valence electrons. The van der Waals surface area contributed by atoms with E-state index in [0.29, 0.717) is 5.41 Å². The van der Waals surface area contributed by atoms with Crippen LogP contribution in [0.25, 0.3) is 0 Å². The van der Waals surface area contributed by atoms with E-state index < -0.39 is 0 Å². The molecular formula is C12H25N3. The Morgan fingerprint density at radius 1 is 1.20 bits per heavy atom. The van der Waals surface area contributed by atoms with E-state index in [-0.39, 0.29) is 0 Å². The minimum Gasteiger partial charge on any atom is -0.317 e. The number of nitrogens with one attached hydrogen (secondary N) is 1. The van der Waals surface area contributed by atoms with Crippen molar-refractivity contribution in [1.82, 2.24) is 15.1 Å². The SMILES string of the molecule is CN(C)CCCN1CC2(CCNCC2)C1. The van der Waals surface area contributed by atoms with Gasteiger partial charge in [-0.3, -0.25) is 0 Å². The van der Waals surface area contributed by atoms with Gasteiger partial charge in [0, 0.05) is 13.1 Å². The summed E-state index contributed by atoms with van der Waals surface area (Å²) >= 11 is 0. The molecule has 1 spiro atoms. The second kappa shape index (κ2) is 4.81. The lowest BCUT2D eigenvalue weighted by atomic mass is 9.72. The molecule has 0 saturated carbocycles. The molecule has 2 saturated heterocycles. The largest absolute Gasteiger partial charge is 0.317 e. The van der Waals surface area contributed by atoms with Gasteiger partial charge in [-0.1, -0.05) is 0 Å². The lowest BCUT2D eigenvalue weighted by molar-refractivity contribution is -0.0237. The molecule has 0 aromatic heterocycles. The fourth-order valence-corrected chi connectivity index (χ4v) is 2.94. The van der Waals surface area contributed by atoms with Crippen LogP contribution in [-0.4, -0.2) is 63.2 Å². The Hall–Kier alpha value is -0.120. The van der Waals surface area contributed by atoms with Crippen molar-refractivity contribution in [2.45, 2.75) is 19.3 Å². The molecule has 0 atom stereocenters. The summed E-state index contributed by atoms with van der Waals surface area (Å²) in [6.07, 6.45) is 4.12. The Morgan fingerprint density at radius 2 is 1.87 bits per heavy atom. The molecule has 2 aliphatic rings. The maximum atomic E-state index is 3.46. The highest BCUT2D eigenvalue weighted by molar-refractivity contribution is 4.97. The van der Waals surface area contributed by atoms with Gasteiger partial charge in [-0.05, 0) is 65.0 Å². The first-order chi connectivity index (χ1) is 7.20. The summed E-state index contributed by atoms with van der Waals surface area (Å²) in [7, 11) is 4.31. The van der Waals surface area contributed by atoms with Crippen molar-refractivity contribution in [3.05, 3.63) is 0 Å². The third-order valence-electron chi connectivity index (χ3n) is 3.86. The summed E-state index contributed by atoms with van der Waals surface area (Å²) in [6, 6.07) is 0. The van der Waals surface area contributed by atoms with Gasteiger partial charge in [0.15, 0.2) is 0 Å². The first-order valence-corrected chi connectivity index (χ1v) is 6.28. The third-order valence-corrected chi connectivity index (χ3v) is 3.86. The van der Waals surface area contributed by atoms with Gasteiger partial charge < -0.3 is 15.1 Å². The van der Waals surface area contributed by atoms with Crippen molar-refractivity contribution < 1.29 is 0 Å². The van der Waals surface area contributed by atoms with Gasteiger partial charge >= 0.3 is 0 Å². The van der Waals surface area contributed by atoms with Crippen molar-refractivity contribution >= 4 is 0 Å². The normalized spacial score (nSPS) is 25.8. The molecule has 2 heterocycles. The summed E-state index contributed by atoms with van der Waals surface area (Å²) in [4.78, 5) is 4.91. The first-order valence-electron chi connectivity index (χ1n) is 6.28. The summed E-state index contributed by atoms with van der Waals surface area (Å²) in [6.45, 7) is 7.74. The van der Waals surface area contributed by atoms with Crippen LogP contribution >= 0.6 is 0 Å². The van der Waals surface area contributed by atoms with Gasteiger partial charge in [0.1, 0.15) is 0 Å². The number of rotatable bonds is 4. The van der Waals surface area contributed by atoms with Crippen molar-refractivity contribution in [1.29, 1.82) is 0 Å². The predicted molar refractivity (Wildman–Crippen MR) is 64.1 cm³/mol. The molecule has 0 bridgehead atoms. The van der Waals surface area contributed by atoms with E-state index in [1.54, 1.807) is 0 Å². The monoisotopic (exact) mass is 211 g/mol. The molecule has 3 heteroatoms. The second-order valence-corrected chi connectivity index (χ2v) is 5.62. The molecular weight excluding hydrogens is 186 g/mol. The van der Waals surface area contributed by atoms with E-state index in [0.717, 1.165) is 0 Å². The molecule has 0 radical (unpaired) electrons. The molecule has 2 aliphatic heterocycles. The topological polar surface area (TPSA) is 18.5 Å². The molecule has 1 N–H and O–H groups in total. The number of hydrogen-bond acceptors (Lipinski definition) is 3. The molecule has 2 fully saturated rings. The molecule has 0 aliphatic carbocycles. The van der Waals surface area contributed by atoms with E-state index >= 15 is 0 Å². The minimum atomic E-state index is 0.712. The van der Waals surface area contributed by atoms with Crippen LogP contribution in [0.1, 0.15) is 19.3 Å². The van der Waals surface area contributed by atoms with Crippen LogP contribution in [0.5, 0.6) is 0 Å². The molecule has 0 aromatic rings. The van der Waals surface area contributed by atoms with E-state index in [2.05, 4.69) is 29.2 Å². The Kier molecular flexibility index (Phi) is 3.65. The van der Waals surface area contributed by atoms with Crippen molar-refractivity contribution in [2.75, 3.05) is 53.4 Å². The van der Waals surface area contributed by atoms with Gasteiger partial charge in [0.05, 0.1) is 0 Å². The fraction of sp³-hybridized carbons (Fsp3) is 1.00. The molecule has 0 unspecified atom stereocenters. The lowest BCUT2D eigenvalue weighted by Crippen LogP contribution is -2.60. The van der Waals surface area contributed by atoms with Crippen LogP contribution < -0.4 is 5.32 Å². The van der Waals surface area contributed by atoms with E-state index in [4.69, 9.17) is 0 Å². The maximum absolute atomic E-state index is 3.46. The molecule has 0 amide bonds. The van der Waals surface area contributed by atoms with Gasteiger partial charge in [-0.15, -0.1) is 0 Å². The van der Waals surface area contributed by atoms with Gasteiger partial charge in [0.2, 0.25) is 0 Å². The van der Waals surface area contributed by atoms with E-state index in [9.17, 15) is 0 Å². The Bertz CT molecular complexity index is 189. The Morgan fingerprint density at radius 3 is 2.47 bits per heavy atom. The summed E-state index contributed by atoms with van der Waals surface area (Å²) in [5.41, 5.74) is 0.712. The smallest absolute Gasteiger partial charge is 0.00514 e. The highest BCUT2D eigenvalue weighted by Crippen LogP contribution is 2.38. The Labute approximate surface area is 93.8 Å². The third kappa shape index (κ3) is 2.92. The fourth-order valence-electron chi connectivity index (χ4n) is 2.94. The average molecular weight is 211 g/mol. The quantitative estimate of drug-likeness (QED) is 0.735. The number of nitrogens with zero attached hydrogens (tertiary/aromatic N) is 2. The van der Waals surface area contributed by atoms with Crippen LogP contribution in [0.3, 0.4) is 0 Å². The second-order valence-electron chi connectivity index (χ2n) is 5.62.